The molecule has 1 aliphatic rings. The summed E-state index contributed by atoms with van der Waals surface area (Å²) in [6.07, 6.45) is 2.41. The minimum absolute atomic E-state index is 0.0730. The number of aryl methyl sites for hydroxylation is 1. The summed E-state index contributed by atoms with van der Waals surface area (Å²) in [7, 11) is 0. The summed E-state index contributed by atoms with van der Waals surface area (Å²) >= 11 is 0. The SMILES string of the molecule is CCOC1CCCN(C(=O)CCn2c(C)nc3ccccc3c2=O)C1. The van der Waals surface area contributed by atoms with Crippen molar-refractivity contribution in [2.45, 2.75) is 45.8 Å². The number of hydrogen-bond donors (Lipinski definition) is 0. The molecule has 0 N–H and O–H groups in total. The molecular formula is C19H25N3O3. The van der Waals surface area contributed by atoms with Gasteiger partial charge in [0.25, 0.3) is 5.56 Å². The third-order valence-electron chi connectivity index (χ3n) is 4.73. The van der Waals surface area contributed by atoms with Crippen molar-refractivity contribution in [2.75, 3.05) is 19.7 Å². The maximum atomic E-state index is 12.7. The number of likely N-dealkylation sites (tertiary alicyclic amines) is 1. The van der Waals surface area contributed by atoms with Gasteiger partial charge in [-0.05, 0) is 38.8 Å². The molecular weight excluding hydrogens is 318 g/mol. The summed E-state index contributed by atoms with van der Waals surface area (Å²) in [4.78, 5) is 31.5. The number of nitrogens with zero attached hydrogens (tertiary/aromatic N) is 3. The highest BCUT2D eigenvalue weighted by Crippen LogP contribution is 2.15. The Balaban J connectivity index is 1.70. The van der Waals surface area contributed by atoms with Crippen molar-refractivity contribution in [3.05, 3.63) is 40.4 Å². The Morgan fingerprint density at radius 2 is 2.16 bits per heavy atom. The fraction of sp³-hybridized carbons (Fsp3) is 0.526. The van der Waals surface area contributed by atoms with E-state index >= 15 is 0 Å². The van der Waals surface area contributed by atoms with Crippen LogP contribution in [0, 0.1) is 6.92 Å². The predicted molar refractivity (Wildman–Crippen MR) is 96.6 cm³/mol. The molecule has 25 heavy (non-hydrogen) atoms. The Kier molecular flexibility index (Phi) is 5.48. The summed E-state index contributed by atoms with van der Waals surface area (Å²) in [6, 6.07) is 7.31. The van der Waals surface area contributed by atoms with Crippen molar-refractivity contribution in [2.24, 2.45) is 0 Å². The third-order valence-corrected chi connectivity index (χ3v) is 4.73. The highest BCUT2D eigenvalue weighted by Gasteiger charge is 2.23. The molecule has 0 aliphatic carbocycles. The van der Waals surface area contributed by atoms with Gasteiger partial charge < -0.3 is 9.64 Å². The second kappa shape index (κ2) is 7.78. The lowest BCUT2D eigenvalue weighted by Crippen LogP contribution is -2.43. The van der Waals surface area contributed by atoms with Crippen molar-refractivity contribution in [3.63, 3.8) is 0 Å². The number of hydrogen-bond acceptors (Lipinski definition) is 4. The molecule has 2 heterocycles. The fourth-order valence-electron chi connectivity index (χ4n) is 3.44. The van der Waals surface area contributed by atoms with E-state index in [2.05, 4.69) is 4.98 Å². The van der Waals surface area contributed by atoms with Crippen molar-refractivity contribution in [1.29, 1.82) is 0 Å². The second-order valence-electron chi connectivity index (χ2n) is 6.44. The lowest BCUT2D eigenvalue weighted by Gasteiger charge is -2.32. The largest absolute Gasteiger partial charge is 0.377 e. The fourth-order valence-corrected chi connectivity index (χ4v) is 3.44. The zero-order valence-electron chi connectivity index (χ0n) is 14.9. The minimum Gasteiger partial charge on any atom is -0.377 e. The van der Waals surface area contributed by atoms with Crippen LogP contribution in [0.2, 0.25) is 0 Å². The first-order valence-electron chi connectivity index (χ1n) is 8.95. The number of aromatic nitrogens is 2. The molecule has 1 aromatic heterocycles. The zero-order valence-corrected chi connectivity index (χ0v) is 14.9. The first kappa shape index (κ1) is 17.6. The standard InChI is InChI=1S/C19H25N3O3/c1-3-25-15-7-6-11-21(13-15)18(23)10-12-22-14(2)20-17-9-5-4-8-16(17)19(22)24/h4-5,8-9,15H,3,6-7,10-13H2,1-2H3. The van der Waals surface area contributed by atoms with Crippen LogP contribution in [0.4, 0.5) is 0 Å². The van der Waals surface area contributed by atoms with Crippen LogP contribution in [-0.4, -0.2) is 46.2 Å². The van der Waals surface area contributed by atoms with Gasteiger partial charge in [-0.1, -0.05) is 12.1 Å². The van der Waals surface area contributed by atoms with E-state index in [0.717, 1.165) is 19.4 Å². The molecule has 0 spiro atoms. The molecule has 1 atom stereocenters. The number of para-hydroxylation sites is 1. The number of piperidine rings is 1. The monoisotopic (exact) mass is 343 g/mol. The molecule has 1 aromatic carbocycles. The summed E-state index contributed by atoms with van der Waals surface area (Å²) in [6.45, 7) is 6.23. The third kappa shape index (κ3) is 3.90. The van der Waals surface area contributed by atoms with Gasteiger partial charge in [0, 0.05) is 32.7 Å². The highest BCUT2D eigenvalue weighted by molar-refractivity contribution is 5.78. The maximum Gasteiger partial charge on any atom is 0.261 e. The molecule has 1 aliphatic heterocycles. The van der Waals surface area contributed by atoms with Crippen LogP contribution >= 0.6 is 0 Å². The van der Waals surface area contributed by atoms with Gasteiger partial charge in [0.15, 0.2) is 0 Å². The number of amides is 1. The lowest BCUT2D eigenvalue weighted by atomic mass is 10.1. The highest BCUT2D eigenvalue weighted by atomic mass is 16.5. The molecule has 3 rings (SSSR count). The van der Waals surface area contributed by atoms with E-state index < -0.39 is 0 Å². The van der Waals surface area contributed by atoms with Gasteiger partial charge in [0.1, 0.15) is 5.82 Å². The average Bonchev–Trinajstić information content (AvgIpc) is 2.62. The van der Waals surface area contributed by atoms with Crippen LogP contribution in [0.25, 0.3) is 10.9 Å². The van der Waals surface area contributed by atoms with E-state index in [1.54, 1.807) is 10.6 Å². The lowest BCUT2D eigenvalue weighted by molar-refractivity contribution is -0.135. The Hall–Kier alpha value is -2.21. The number of fused-ring (bicyclic) bond motifs is 1. The molecule has 2 aromatic rings. The van der Waals surface area contributed by atoms with E-state index in [-0.39, 0.29) is 17.6 Å². The Bertz CT molecular complexity index is 813. The Morgan fingerprint density at radius 3 is 2.96 bits per heavy atom. The summed E-state index contributed by atoms with van der Waals surface area (Å²) in [5.41, 5.74) is 0.616. The Labute approximate surface area is 147 Å². The number of ether oxygens (including phenoxy) is 1. The molecule has 0 bridgehead atoms. The first-order chi connectivity index (χ1) is 12.1. The van der Waals surface area contributed by atoms with Gasteiger partial charge in [-0.25, -0.2) is 4.98 Å². The van der Waals surface area contributed by atoms with E-state index in [1.807, 2.05) is 36.9 Å². The van der Waals surface area contributed by atoms with Crippen molar-refractivity contribution in [1.82, 2.24) is 14.5 Å². The van der Waals surface area contributed by atoms with E-state index in [0.29, 0.717) is 42.8 Å². The molecule has 1 amide bonds. The van der Waals surface area contributed by atoms with Crippen LogP contribution in [0.5, 0.6) is 0 Å². The molecule has 1 fully saturated rings. The molecule has 0 saturated carbocycles. The van der Waals surface area contributed by atoms with Gasteiger partial charge >= 0.3 is 0 Å². The predicted octanol–water partition coefficient (Wildman–Crippen LogP) is 2.12. The van der Waals surface area contributed by atoms with E-state index in [1.165, 1.54) is 0 Å². The van der Waals surface area contributed by atoms with Crippen molar-refractivity contribution >= 4 is 16.8 Å². The molecule has 0 radical (unpaired) electrons. The van der Waals surface area contributed by atoms with Crippen LogP contribution in [0.3, 0.4) is 0 Å². The number of rotatable bonds is 5. The quantitative estimate of drug-likeness (QED) is 0.834. The topological polar surface area (TPSA) is 64.4 Å². The van der Waals surface area contributed by atoms with Crippen LogP contribution < -0.4 is 5.56 Å². The molecule has 1 unspecified atom stereocenters. The van der Waals surface area contributed by atoms with Crippen LogP contribution in [0.1, 0.15) is 32.0 Å². The smallest absolute Gasteiger partial charge is 0.261 e. The van der Waals surface area contributed by atoms with E-state index in [9.17, 15) is 9.59 Å². The van der Waals surface area contributed by atoms with Gasteiger partial charge in [-0.3, -0.25) is 14.2 Å². The molecule has 6 heteroatoms. The molecule has 6 nitrogen and oxygen atoms in total. The second-order valence-corrected chi connectivity index (χ2v) is 6.44. The first-order valence-corrected chi connectivity index (χ1v) is 8.95. The van der Waals surface area contributed by atoms with Gasteiger partial charge in [0.05, 0.1) is 17.0 Å². The molecule has 1 saturated heterocycles. The minimum atomic E-state index is -0.0817. The summed E-state index contributed by atoms with van der Waals surface area (Å²) < 4.78 is 7.25. The number of carbonyl (C=O) groups is 1. The van der Waals surface area contributed by atoms with Crippen molar-refractivity contribution in [3.8, 4) is 0 Å². The van der Waals surface area contributed by atoms with Gasteiger partial charge in [0.2, 0.25) is 5.91 Å². The maximum absolute atomic E-state index is 12.7. The summed E-state index contributed by atoms with van der Waals surface area (Å²) in [5, 5.41) is 0.593. The normalized spacial score (nSPS) is 17.8. The van der Waals surface area contributed by atoms with Crippen LogP contribution in [0.15, 0.2) is 29.1 Å². The summed E-state index contributed by atoms with van der Waals surface area (Å²) in [5.74, 6) is 0.714. The average molecular weight is 343 g/mol. The Morgan fingerprint density at radius 1 is 1.36 bits per heavy atom. The van der Waals surface area contributed by atoms with E-state index in [4.69, 9.17) is 4.74 Å². The zero-order chi connectivity index (χ0) is 17.8. The van der Waals surface area contributed by atoms with Gasteiger partial charge in [-0.2, -0.15) is 0 Å². The van der Waals surface area contributed by atoms with Crippen LogP contribution in [-0.2, 0) is 16.1 Å². The molecule has 134 valence electrons. The number of carbonyl (C=O) groups excluding carboxylic acids is 1. The van der Waals surface area contributed by atoms with Gasteiger partial charge in [-0.15, -0.1) is 0 Å². The van der Waals surface area contributed by atoms with Crippen molar-refractivity contribution < 1.29 is 9.53 Å². The number of benzene rings is 1.